The second-order valence-electron chi connectivity index (χ2n) is 7.23. The van der Waals surface area contributed by atoms with Gasteiger partial charge < -0.3 is 15.5 Å². The lowest BCUT2D eigenvalue weighted by molar-refractivity contribution is -0.136. The maximum Gasteiger partial charge on any atom is 0.334 e. The lowest BCUT2D eigenvalue weighted by Crippen LogP contribution is -2.29. The summed E-state index contributed by atoms with van der Waals surface area (Å²) in [5, 5.41) is 0. The third kappa shape index (κ3) is 2.89. The second kappa shape index (κ2) is 7.00. The number of methoxy groups -OCH3 is 1. The van der Waals surface area contributed by atoms with E-state index in [9.17, 15) is 9.59 Å². The van der Waals surface area contributed by atoms with Crippen LogP contribution in [-0.4, -0.2) is 23.8 Å². The predicted molar refractivity (Wildman–Crippen MR) is 108 cm³/mol. The molecule has 28 heavy (non-hydrogen) atoms. The summed E-state index contributed by atoms with van der Waals surface area (Å²) in [7, 11) is 1.36. The highest BCUT2D eigenvalue weighted by Crippen LogP contribution is 2.50. The summed E-state index contributed by atoms with van der Waals surface area (Å²) in [6.45, 7) is 1.89. The molecule has 1 heterocycles. The predicted octanol–water partition coefficient (Wildman–Crippen LogP) is 3.78. The first-order chi connectivity index (χ1) is 13.5. The highest BCUT2D eigenvalue weighted by molar-refractivity contribution is 6.09. The smallest absolute Gasteiger partial charge is 0.334 e. The summed E-state index contributed by atoms with van der Waals surface area (Å²) >= 11 is 0. The summed E-state index contributed by atoms with van der Waals surface area (Å²) in [6, 6.07) is 11.2. The van der Waals surface area contributed by atoms with Gasteiger partial charge in [-0.3, -0.25) is 4.79 Å². The molecule has 2 unspecified atom stereocenters. The molecule has 1 aromatic heterocycles. The molecule has 2 atom stereocenters. The van der Waals surface area contributed by atoms with Crippen molar-refractivity contribution >= 4 is 23.5 Å². The van der Waals surface area contributed by atoms with Crippen LogP contribution in [0, 0.1) is 5.92 Å². The lowest BCUT2D eigenvalue weighted by atomic mass is 9.72. The van der Waals surface area contributed by atoms with Gasteiger partial charge >= 0.3 is 5.97 Å². The average Bonchev–Trinajstić information content (AvgIpc) is 3.29. The Labute approximate surface area is 163 Å². The summed E-state index contributed by atoms with van der Waals surface area (Å²) in [6.07, 6.45) is 6.24. The number of nitrogens with one attached hydrogen (secondary N) is 1. The fourth-order valence-electron chi connectivity index (χ4n) is 4.33. The van der Waals surface area contributed by atoms with Crippen molar-refractivity contribution in [1.82, 2.24) is 4.98 Å². The van der Waals surface area contributed by atoms with Crippen LogP contribution in [0.3, 0.4) is 0 Å². The zero-order valence-electron chi connectivity index (χ0n) is 15.9. The van der Waals surface area contributed by atoms with Crippen LogP contribution in [0.15, 0.2) is 71.0 Å². The van der Waals surface area contributed by atoms with Crippen molar-refractivity contribution in [2.45, 2.75) is 19.3 Å². The van der Waals surface area contributed by atoms with E-state index in [0.29, 0.717) is 17.7 Å². The SMILES string of the molecule is COC(=O)C1=C(C)C=C2C/C(=C\c3ccc[nH]3)C(=O)C2C1c1ccccc1N. The molecule has 2 aliphatic carbocycles. The number of rotatable bonds is 3. The summed E-state index contributed by atoms with van der Waals surface area (Å²) in [5.74, 6) is -1.28. The van der Waals surface area contributed by atoms with Gasteiger partial charge in [-0.05, 0) is 48.8 Å². The molecular formula is C23H22N2O3. The van der Waals surface area contributed by atoms with Gasteiger partial charge in [0.25, 0.3) is 0 Å². The van der Waals surface area contributed by atoms with Gasteiger partial charge in [-0.15, -0.1) is 0 Å². The van der Waals surface area contributed by atoms with Crippen LogP contribution in [0.25, 0.3) is 6.08 Å². The Morgan fingerprint density at radius 2 is 2.00 bits per heavy atom. The molecule has 0 aliphatic heterocycles. The van der Waals surface area contributed by atoms with E-state index in [-0.39, 0.29) is 5.78 Å². The van der Waals surface area contributed by atoms with Gasteiger partial charge in [0.1, 0.15) is 0 Å². The van der Waals surface area contributed by atoms with Gasteiger partial charge in [-0.1, -0.05) is 29.8 Å². The summed E-state index contributed by atoms with van der Waals surface area (Å²) < 4.78 is 5.05. The number of hydrogen-bond acceptors (Lipinski definition) is 4. The van der Waals surface area contributed by atoms with Crippen molar-refractivity contribution < 1.29 is 14.3 Å². The molecule has 1 saturated carbocycles. The number of esters is 1. The number of ketones is 1. The molecule has 3 N–H and O–H groups in total. The molecule has 5 heteroatoms. The first-order valence-electron chi connectivity index (χ1n) is 9.23. The number of nitrogens with two attached hydrogens (primary N) is 1. The maximum atomic E-state index is 13.4. The van der Waals surface area contributed by atoms with Crippen molar-refractivity contribution in [3.63, 3.8) is 0 Å². The van der Waals surface area contributed by atoms with Gasteiger partial charge in [0.15, 0.2) is 5.78 Å². The van der Waals surface area contributed by atoms with E-state index < -0.39 is 17.8 Å². The Morgan fingerprint density at radius 1 is 1.21 bits per heavy atom. The van der Waals surface area contributed by atoms with Crippen LogP contribution < -0.4 is 5.73 Å². The molecular weight excluding hydrogens is 352 g/mol. The number of carbonyl (C=O) groups excluding carboxylic acids is 2. The monoisotopic (exact) mass is 374 g/mol. The van der Waals surface area contributed by atoms with Crippen molar-refractivity contribution in [2.24, 2.45) is 5.92 Å². The topological polar surface area (TPSA) is 85.2 Å². The number of nitrogen functional groups attached to an aromatic ring is 1. The third-order valence-corrected chi connectivity index (χ3v) is 5.55. The minimum absolute atomic E-state index is 0.0306. The Morgan fingerprint density at radius 3 is 2.68 bits per heavy atom. The number of para-hydroxylation sites is 1. The minimum Gasteiger partial charge on any atom is -0.466 e. The molecule has 0 bridgehead atoms. The van der Waals surface area contributed by atoms with E-state index >= 15 is 0 Å². The van der Waals surface area contributed by atoms with Crippen LogP contribution in [0.5, 0.6) is 0 Å². The molecule has 2 aliphatic rings. The molecule has 0 radical (unpaired) electrons. The largest absolute Gasteiger partial charge is 0.466 e. The standard InChI is InChI=1S/C23H22N2O3/c1-13-10-14-11-15(12-16-6-5-9-25-16)22(26)20(14)21(19(13)23(27)28-2)17-7-3-4-8-18(17)24/h3-10,12,20-21,25H,11,24H2,1-2H3/b15-12+. The molecule has 0 spiro atoms. The third-order valence-electron chi connectivity index (χ3n) is 5.55. The van der Waals surface area contributed by atoms with Gasteiger partial charge in [0, 0.05) is 34.6 Å². The van der Waals surface area contributed by atoms with Gasteiger partial charge in [-0.25, -0.2) is 4.79 Å². The van der Waals surface area contributed by atoms with Crippen LogP contribution in [0.1, 0.15) is 30.5 Å². The Bertz CT molecular complexity index is 1040. The van der Waals surface area contributed by atoms with Crippen molar-refractivity contribution in [3.8, 4) is 0 Å². The van der Waals surface area contributed by atoms with Crippen LogP contribution in [0.2, 0.25) is 0 Å². The highest BCUT2D eigenvalue weighted by atomic mass is 16.5. The fraction of sp³-hybridized carbons (Fsp3) is 0.217. The minimum atomic E-state index is -0.448. The molecule has 142 valence electrons. The molecule has 1 aromatic carbocycles. The van der Waals surface area contributed by atoms with Crippen LogP contribution in [0.4, 0.5) is 5.69 Å². The lowest BCUT2D eigenvalue weighted by Gasteiger charge is -2.31. The van der Waals surface area contributed by atoms with E-state index in [1.54, 1.807) is 6.07 Å². The number of hydrogen-bond donors (Lipinski definition) is 2. The molecule has 4 rings (SSSR count). The average molecular weight is 374 g/mol. The quantitative estimate of drug-likeness (QED) is 0.486. The number of ether oxygens (including phenoxy) is 1. The van der Waals surface area contributed by atoms with E-state index in [0.717, 1.165) is 28.0 Å². The van der Waals surface area contributed by atoms with E-state index in [2.05, 4.69) is 4.98 Å². The normalized spacial score (nSPS) is 23.0. The van der Waals surface area contributed by atoms with Gasteiger partial charge in [0.05, 0.1) is 13.0 Å². The number of H-pyrrole nitrogens is 1. The Hall–Kier alpha value is -3.34. The van der Waals surface area contributed by atoms with E-state index in [4.69, 9.17) is 10.5 Å². The van der Waals surface area contributed by atoms with Crippen molar-refractivity contribution in [2.75, 3.05) is 12.8 Å². The number of carbonyl (C=O) groups is 2. The summed E-state index contributed by atoms with van der Waals surface area (Å²) in [5.41, 5.74) is 11.6. The number of aromatic amines is 1. The fourth-order valence-corrected chi connectivity index (χ4v) is 4.33. The van der Waals surface area contributed by atoms with Crippen molar-refractivity contribution in [3.05, 3.63) is 82.2 Å². The van der Waals surface area contributed by atoms with Crippen LogP contribution >= 0.6 is 0 Å². The van der Waals surface area contributed by atoms with Crippen molar-refractivity contribution in [1.29, 1.82) is 0 Å². The van der Waals surface area contributed by atoms with Gasteiger partial charge in [0.2, 0.25) is 0 Å². The molecule has 5 nitrogen and oxygen atoms in total. The molecule has 0 amide bonds. The van der Waals surface area contributed by atoms with E-state index in [1.165, 1.54) is 7.11 Å². The first-order valence-corrected chi connectivity index (χ1v) is 9.23. The Balaban J connectivity index is 1.86. The number of anilines is 1. The number of Topliss-reactive ketones (excluding diaryl/α,β-unsaturated/α-hetero) is 1. The number of aromatic nitrogens is 1. The zero-order chi connectivity index (χ0) is 19.8. The van der Waals surface area contributed by atoms with E-state index in [1.807, 2.05) is 55.6 Å². The molecule has 1 fully saturated rings. The zero-order valence-corrected chi connectivity index (χ0v) is 15.9. The first kappa shape index (κ1) is 18.0. The molecule has 0 saturated heterocycles. The highest BCUT2D eigenvalue weighted by Gasteiger charge is 2.46. The second-order valence-corrected chi connectivity index (χ2v) is 7.23. The summed E-state index contributed by atoms with van der Waals surface area (Å²) in [4.78, 5) is 29.1. The number of benzene rings is 1. The number of fused-ring (bicyclic) bond motifs is 1. The maximum absolute atomic E-state index is 13.4. The van der Waals surface area contributed by atoms with Crippen LogP contribution in [-0.2, 0) is 14.3 Å². The van der Waals surface area contributed by atoms with Gasteiger partial charge in [-0.2, -0.15) is 0 Å². The molecule has 2 aromatic rings. The number of allylic oxidation sites excluding steroid dienone is 4. The Kier molecular flexibility index (Phi) is 4.51.